The Hall–Kier alpha value is -1.03. The van der Waals surface area contributed by atoms with E-state index >= 15 is 0 Å². The maximum absolute atomic E-state index is 8.52. The lowest BCUT2D eigenvalue weighted by Gasteiger charge is -2.29. The molecule has 0 saturated heterocycles. The number of unbranched alkanes of at least 4 members (excludes halogenated alkanes) is 2. The van der Waals surface area contributed by atoms with E-state index in [1.807, 2.05) is 6.08 Å². The molecule has 0 unspecified atom stereocenters. The van der Waals surface area contributed by atoms with Crippen LogP contribution in [0.1, 0.15) is 96.8 Å². The Morgan fingerprint density at radius 2 is 1.36 bits per heavy atom. The maximum atomic E-state index is 8.52. The normalized spacial score (nSPS) is 30.7. The molecule has 0 heterocycles. The third-order valence-corrected chi connectivity index (χ3v) is 6.59. The van der Waals surface area contributed by atoms with E-state index < -0.39 is 0 Å². The molecule has 0 aromatic heterocycles. The summed E-state index contributed by atoms with van der Waals surface area (Å²) in [6.07, 6.45) is 28.3. The van der Waals surface area contributed by atoms with Crippen LogP contribution in [0.25, 0.3) is 0 Å². The van der Waals surface area contributed by atoms with Gasteiger partial charge in [-0.25, -0.2) is 0 Å². The highest BCUT2D eigenvalue weighted by Crippen LogP contribution is 2.35. The molecular formula is C24H39N. The van der Waals surface area contributed by atoms with Crippen molar-refractivity contribution in [1.82, 2.24) is 0 Å². The number of hydrogen-bond donors (Lipinski definition) is 0. The SMILES string of the molecule is CCCCC[C@H]1CC[C@H](/C=C/C2CCC(CCC=CC#N)CC2)CC1. The maximum Gasteiger partial charge on any atom is 0.0908 e. The average Bonchev–Trinajstić information content (AvgIpc) is 2.66. The van der Waals surface area contributed by atoms with Crippen molar-refractivity contribution in [2.24, 2.45) is 23.7 Å². The Morgan fingerprint density at radius 3 is 1.88 bits per heavy atom. The number of allylic oxidation sites excluding steroid dienone is 4. The van der Waals surface area contributed by atoms with Crippen molar-refractivity contribution in [3.8, 4) is 6.07 Å². The third-order valence-electron chi connectivity index (χ3n) is 6.59. The molecule has 0 aliphatic heterocycles. The Labute approximate surface area is 156 Å². The first kappa shape index (κ1) is 20.3. The predicted octanol–water partition coefficient (Wildman–Crippen LogP) is 7.60. The topological polar surface area (TPSA) is 23.8 Å². The van der Waals surface area contributed by atoms with Crippen LogP contribution in [0.15, 0.2) is 24.3 Å². The summed E-state index contributed by atoms with van der Waals surface area (Å²) in [5.74, 6) is 3.64. The average molecular weight is 342 g/mol. The van der Waals surface area contributed by atoms with Crippen molar-refractivity contribution in [2.75, 3.05) is 0 Å². The first-order valence-electron chi connectivity index (χ1n) is 11.0. The highest BCUT2D eigenvalue weighted by molar-refractivity contribution is 5.01. The second-order valence-corrected chi connectivity index (χ2v) is 8.55. The zero-order valence-electron chi connectivity index (χ0n) is 16.5. The quantitative estimate of drug-likeness (QED) is 0.241. The molecule has 0 aromatic carbocycles. The minimum Gasteiger partial charge on any atom is -0.193 e. The minimum absolute atomic E-state index is 0.841. The molecule has 0 bridgehead atoms. The van der Waals surface area contributed by atoms with Gasteiger partial charge in [0.25, 0.3) is 0 Å². The van der Waals surface area contributed by atoms with E-state index in [2.05, 4.69) is 25.1 Å². The molecule has 2 fully saturated rings. The van der Waals surface area contributed by atoms with Crippen LogP contribution in [-0.4, -0.2) is 0 Å². The van der Waals surface area contributed by atoms with E-state index in [-0.39, 0.29) is 0 Å². The van der Waals surface area contributed by atoms with E-state index in [4.69, 9.17) is 5.26 Å². The first-order chi connectivity index (χ1) is 12.3. The summed E-state index contributed by atoms with van der Waals surface area (Å²) in [6, 6.07) is 2.09. The number of rotatable bonds is 9. The van der Waals surface area contributed by atoms with Gasteiger partial charge in [0.15, 0.2) is 0 Å². The Balaban J connectivity index is 1.57. The van der Waals surface area contributed by atoms with E-state index in [0.717, 1.165) is 30.1 Å². The van der Waals surface area contributed by atoms with Gasteiger partial charge in [-0.05, 0) is 87.9 Å². The summed E-state index contributed by atoms with van der Waals surface area (Å²) in [5.41, 5.74) is 0. The van der Waals surface area contributed by atoms with Crippen molar-refractivity contribution in [1.29, 1.82) is 5.26 Å². The van der Waals surface area contributed by atoms with E-state index in [9.17, 15) is 0 Å². The smallest absolute Gasteiger partial charge is 0.0908 e. The minimum atomic E-state index is 0.841. The molecule has 0 atom stereocenters. The third kappa shape index (κ3) is 8.26. The van der Waals surface area contributed by atoms with Crippen LogP contribution in [0.4, 0.5) is 0 Å². The van der Waals surface area contributed by atoms with Crippen molar-refractivity contribution < 1.29 is 0 Å². The van der Waals surface area contributed by atoms with Crippen molar-refractivity contribution in [3.63, 3.8) is 0 Å². The Bertz CT molecular complexity index is 426. The molecule has 2 rings (SSSR count). The number of nitriles is 1. The van der Waals surface area contributed by atoms with Crippen LogP contribution >= 0.6 is 0 Å². The van der Waals surface area contributed by atoms with Gasteiger partial charge in [0.2, 0.25) is 0 Å². The first-order valence-corrected chi connectivity index (χ1v) is 11.0. The zero-order valence-corrected chi connectivity index (χ0v) is 16.5. The molecule has 0 spiro atoms. The van der Waals surface area contributed by atoms with Crippen LogP contribution in [-0.2, 0) is 0 Å². The summed E-state index contributed by atoms with van der Waals surface area (Å²) in [6.45, 7) is 2.31. The van der Waals surface area contributed by atoms with Crippen LogP contribution in [0.5, 0.6) is 0 Å². The lowest BCUT2D eigenvalue weighted by Crippen LogP contribution is -2.15. The molecule has 0 aromatic rings. The Kier molecular flexibility index (Phi) is 10.0. The van der Waals surface area contributed by atoms with Crippen molar-refractivity contribution in [2.45, 2.75) is 96.8 Å². The summed E-state index contributed by atoms with van der Waals surface area (Å²) in [7, 11) is 0. The molecule has 1 heteroatoms. The van der Waals surface area contributed by atoms with Gasteiger partial charge in [-0.3, -0.25) is 0 Å². The van der Waals surface area contributed by atoms with E-state index in [0.29, 0.717) is 0 Å². The highest BCUT2D eigenvalue weighted by atomic mass is 14.3. The molecule has 140 valence electrons. The zero-order chi connectivity index (χ0) is 17.7. The van der Waals surface area contributed by atoms with Gasteiger partial charge in [-0.2, -0.15) is 5.26 Å². The van der Waals surface area contributed by atoms with E-state index in [1.54, 1.807) is 6.08 Å². The molecular weight excluding hydrogens is 302 g/mol. The van der Waals surface area contributed by atoms with Gasteiger partial charge in [0.1, 0.15) is 0 Å². The van der Waals surface area contributed by atoms with Gasteiger partial charge < -0.3 is 0 Å². The van der Waals surface area contributed by atoms with E-state index in [1.165, 1.54) is 83.5 Å². The van der Waals surface area contributed by atoms with Crippen LogP contribution in [0.2, 0.25) is 0 Å². The van der Waals surface area contributed by atoms with Gasteiger partial charge in [-0.15, -0.1) is 0 Å². The summed E-state index contributed by atoms with van der Waals surface area (Å²) >= 11 is 0. The lowest BCUT2D eigenvalue weighted by atomic mass is 9.77. The fourth-order valence-electron chi connectivity index (χ4n) is 4.80. The van der Waals surface area contributed by atoms with Crippen LogP contribution in [0.3, 0.4) is 0 Å². The lowest BCUT2D eigenvalue weighted by molar-refractivity contribution is 0.283. The molecule has 25 heavy (non-hydrogen) atoms. The molecule has 2 aliphatic carbocycles. The molecule has 0 amide bonds. The second-order valence-electron chi connectivity index (χ2n) is 8.55. The monoisotopic (exact) mass is 341 g/mol. The van der Waals surface area contributed by atoms with Gasteiger partial charge in [0, 0.05) is 6.08 Å². The Morgan fingerprint density at radius 1 is 0.800 bits per heavy atom. The predicted molar refractivity (Wildman–Crippen MR) is 108 cm³/mol. The number of hydrogen-bond acceptors (Lipinski definition) is 1. The molecule has 1 nitrogen and oxygen atoms in total. The van der Waals surface area contributed by atoms with Crippen molar-refractivity contribution >= 4 is 0 Å². The van der Waals surface area contributed by atoms with Crippen LogP contribution < -0.4 is 0 Å². The molecule has 2 aliphatic rings. The molecule has 2 saturated carbocycles. The summed E-state index contributed by atoms with van der Waals surface area (Å²) < 4.78 is 0. The van der Waals surface area contributed by atoms with Crippen LogP contribution in [0, 0.1) is 35.0 Å². The second kappa shape index (κ2) is 12.3. The number of nitrogens with zero attached hydrogens (tertiary/aromatic N) is 1. The summed E-state index contributed by atoms with van der Waals surface area (Å²) in [5, 5.41) is 8.52. The molecule has 0 radical (unpaired) electrons. The summed E-state index contributed by atoms with van der Waals surface area (Å²) in [4.78, 5) is 0. The highest BCUT2D eigenvalue weighted by Gasteiger charge is 2.21. The van der Waals surface area contributed by atoms with Gasteiger partial charge >= 0.3 is 0 Å². The molecule has 0 N–H and O–H groups in total. The van der Waals surface area contributed by atoms with Gasteiger partial charge in [0.05, 0.1) is 6.07 Å². The fraction of sp³-hybridized carbons (Fsp3) is 0.792. The van der Waals surface area contributed by atoms with Crippen molar-refractivity contribution in [3.05, 3.63) is 24.3 Å². The fourth-order valence-corrected chi connectivity index (χ4v) is 4.80. The largest absolute Gasteiger partial charge is 0.193 e. The standard InChI is InChI=1S/C24H39N/c1-2-3-5-8-21-10-14-23(15-11-21)18-19-24-16-12-22(13-17-24)9-6-4-7-20-25/h4,7,18-19,21-24H,2-3,5-6,8-17H2,1H3/b7-4?,19-18+/t21-,22?,23-,24?. The van der Waals surface area contributed by atoms with Gasteiger partial charge in [-0.1, -0.05) is 50.8 Å².